The first-order chi connectivity index (χ1) is 10.8. The molecular formula is C12H22O11. The molecule has 2 fully saturated rings. The van der Waals surface area contributed by atoms with Gasteiger partial charge in [-0.2, -0.15) is 0 Å². The van der Waals surface area contributed by atoms with E-state index in [0.29, 0.717) is 0 Å². The molecule has 2 rings (SSSR count). The van der Waals surface area contributed by atoms with E-state index < -0.39 is 74.6 Å². The van der Waals surface area contributed by atoms with Gasteiger partial charge in [0.25, 0.3) is 0 Å². The van der Waals surface area contributed by atoms with E-state index in [2.05, 4.69) is 0 Å². The van der Waals surface area contributed by atoms with E-state index in [0.717, 1.165) is 0 Å². The lowest BCUT2D eigenvalue weighted by molar-refractivity contribution is -0.325. The number of hydrogen-bond donors (Lipinski definition) is 8. The highest BCUT2D eigenvalue weighted by Crippen LogP contribution is 2.24. The van der Waals surface area contributed by atoms with Crippen LogP contribution in [-0.2, 0) is 14.2 Å². The summed E-state index contributed by atoms with van der Waals surface area (Å²) in [5.74, 6) is 0. The molecule has 0 spiro atoms. The Balaban J connectivity index is 1.94. The molecule has 8 N–H and O–H groups in total. The Hall–Kier alpha value is -0.440. The minimum absolute atomic E-state index is 0.468. The molecule has 136 valence electrons. The van der Waals surface area contributed by atoms with Gasteiger partial charge in [0.05, 0.1) is 13.2 Å². The third-order valence-electron chi connectivity index (χ3n) is 3.96. The molecule has 0 aromatic carbocycles. The molecule has 10 atom stereocenters. The number of aliphatic hydroxyl groups is 8. The molecule has 11 heteroatoms. The highest BCUT2D eigenvalue weighted by molar-refractivity contribution is 4.91. The van der Waals surface area contributed by atoms with Gasteiger partial charge in [0.2, 0.25) is 0 Å². The van der Waals surface area contributed by atoms with Gasteiger partial charge in [-0.1, -0.05) is 0 Å². The molecule has 0 aromatic rings. The third kappa shape index (κ3) is 3.81. The van der Waals surface area contributed by atoms with Gasteiger partial charge in [-0.15, -0.1) is 0 Å². The van der Waals surface area contributed by atoms with Crippen molar-refractivity contribution < 1.29 is 55.1 Å². The topological polar surface area (TPSA) is 190 Å². The predicted octanol–water partition coefficient (Wildman–Crippen LogP) is -5.40. The monoisotopic (exact) mass is 342 g/mol. The second-order valence-corrected chi connectivity index (χ2v) is 5.57. The Morgan fingerprint density at radius 1 is 0.652 bits per heavy atom. The first kappa shape index (κ1) is 18.9. The first-order valence-corrected chi connectivity index (χ1v) is 7.07. The normalized spacial score (nSPS) is 51.7. The van der Waals surface area contributed by atoms with Crippen LogP contribution in [0.15, 0.2) is 0 Å². The Morgan fingerprint density at radius 2 is 1.22 bits per heavy atom. The maximum absolute atomic E-state index is 9.78. The van der Waals surface area contributed by atoms with Gasteiger partial charge in [-0.25, -0.2) is 0 Å². The molecule has 2 aliphatic heterocycles. The Kier molecular flexibility index (Phi) is 6.27. The van der Waals surface area contributed by atoms with Crippen molar-refractivity contribution in [1.82, 2.24) is 0 Å². The molecule has 2 heterocycles. The quantitative estimate of drug-likeness (QED) is 0.243. The Bertz CT molecular complexity index is 380. The summed E-state index contributed by atoms with van der Waals surface area (Å²) in [6.07, 6.45) is -15.3. The fourth-order valence-electron chi connectivity index (χ4n) is 2.46. The zero-order chi connectivity index (χ0) is 17.3. The lowest BCUT2D eigenvalue weighted by Crippen LogP contribution is -2.61. The second-order valence-electron chi connectivity index (χ2n) is 5.57. The fraction of sp³-hybridized carbons (Fsp3) is 1.00. The van der Waals surface area contributed by atoms with Crippen molar-refractivity contribution in [3.8, 4) is 0 Å². The molecule has 2 aliphatic rings. The third-order valence-corrected chi connectivity index (χ3v) is 3.96. The van der Waals surface area contributed by atoms with Crippen molar-refractivity contribution >= 4 is 0 Å². The predicted molar refractivity (Wildman–Crippen MR) is 68.6 cm³/mol. The summed E-state index contributed by atoms with van der Waals surface area (Å²) in [6.45, 7) is -1.10. The average molecular weight is 342 g/mol. The minimum atomic E-state index is -1.74. The molecule has 23 heavy (non-hydrogen) atoms. The van der Waals surface area contributed by atoms with Gasteiger partial charge in [-0.05, 0) is 0 Å². The highest BCUT2D eigenvalue weighted by atomic mass is 16.7. The average Bonchev–Trinajstić information content (AvgIpc) is 2.54. The van der Waals surface area contributed by atoms with Crippen molar-refractivity contribution in [1.29, 1.82) is 0 Å². The minimum Gasteiger partial charge on any atom is -0.394 e. The molecule has 2 unspecified atom stereocenters. The molecule has 0 saturated carbocycles. The van der Waals surface area contributed by atoms with E-state index in [1.54, 1.807) is 0 Å². The van der Waals surface area contributed by atoms with Gasteiger partial charge in [0.15, 0.2) is 12.6 Å². The number of aliphatic hydroxyl groups excluding tert-OH is 8. The van der Waals surface area contributed by atoms with Crippen molar-refractivity contribution in [2.75, 3.05) is 13.2 Å². The highest BCUT2D eigenvalue weighted by Gasteiger charge is 2.46. The molecule has 0 aromatic heterocycles. The van der Waals surface area contributed by atoms with Crippen LogP contribution in [0.4, 0.5) is 0 Å². The summed E-state index contributed by atoms with van der Waals surface area (Å²) < 4.78 is 15.1. The lowest BCUT2D eigenvalue weighted by Gasteiger charge is -2.41. The zero-order valence-corrected chi connectivity index (χ0v) is 12.0. The smallest absolute Gasteiger partial charge is 0.186 e. The van der Waals surface area contributed by atoms with E-state index in [-0.39, 0.29) is 0 Å². The van der Waals surface area contributed by atoms with E-state index in [9.17, 15) is 35.7 Å². The molecule has 11 nitrogen and oxygen atoms in total. The van der Waals surface area contributed by atoms with Crippen molar-refractivity contribution in [2.45, 2.75) is 61.4 Å². The van der Waals surface area contributed by atoms with Crippen LogP contribution < -0.4 is 0 Å². The SMILES string of the molecule is OC[C@H]1OC(OC[C@H]2OC(O)[C@@H](O)[C@@H](O)[C@@H]2O)[C@H](O)[C@@H](O)[C@H]1O. The standard InChI is InChI=1S/C12H22O11/c13-1-3-5(14)8(17)10(19)12(23-3)21-2-4-6(15)7(16)9(18)11(20)22-4/h3-20H,1-2H2/t3-,4-,5+,6-,7+,8+,9+,10-,11?,12?/m1/s1. The van der Waals surface area contributed by atoms with Gasteiger partial charge < -0.3 is 55.1 Å². The lowest BCUT2D eigenvalue weighted by atomic mass is 9.98. The second kappa shape index (κ2) is 7.63. The maximum atomic E-state index is 9.78. The van der Waals surface area contributed by atoms with Gasteiger partial charge in [0, 0.05) is 0 Å². The Labute approximate surface area is 130 Å². The maximum Gasteiger partial charge on any atom is 0.186 e. The van der Waals surface area contributed by atoms with E-state index in [1.807, 2.05) is 0 Å². The van der Waals surface area contributed by atoms with Gasteiger partial charge >= 0.3 is 0 Å². The molecule has 2 saturated heterocycles. The van der Waals surface area contributed by atoms with Crippen molar-refractivity contribution in [3.05, 3.63) is 0 Å². The van der Waals surface area contributed by atoms with Crippen LogP contribution in [0, 0.1) is 0 Å². The summed E-state index contributed by atoms with van der Waals surface area (Å²) in [6, 6.07) is 0. The molecule has 0 aliphatic carbocycles. The van der Waals surface area contributed by atoms with Crippen molar-refractivity contribution in [2.24, 2.45) is 0 Å². The van der Waals surface area contributed by atoms with Crippen LogP contribution in [0.25, 0.3) is 0 Å². The van der Waals surface area contributed by atoms with Crippen LogP contribution in [-0.4, -0.2) is 115 Å². The summed E-state index contributed by atoms with van der Waals surface area (Å²) in [7, 11) is 0. The van der Waals surface area contributed by atoms with Crippen LogP contribution >= 0.6 is 0 Å². The van der Waals surface area contributed by atoms with Gasteiger partial charge in [-0.3, -0.25) is 0 Å². The van der Waals surface area contributed by atoms with Crippen LogP contribution in [0.3, 0.4) is 0 Å². The summed E-state index contributed by atoms with van der Waals surface area (Å²) in [5.41, 5.74) is 0. The number of ether oxygens (including phenoxy) is 3. The van der Waals surface area contributed by atoms with Crippen LogP contribution in [0.1, 0.15) is 0 Å². The van der Waals surface area contributed by atoms with Crippen LogP contribution in [0.2, 0.25) is 0 Å². The molecule has 0 bridgehead atoms. The summed E-state index contributed by atoms with van der Waals surface area (Å²) in [4.78, 5) is 0. The van der Waals surface area contributed by atoms with E-state index >= 15 is 0 Å². The largest absolute Gasteiger partial charge is 0.394 e. The summed E-state index contributed by atoms with van der Waals surface area (Å²) >= 11 is 0. The van der Waals surface area contributed by atoms with Crippen molar-refractivity contribution in [3.63, 3.8) is 0 Å². The summed E-state index contributed by atoms with van der Waals surface area (Å²) in [5, 5.41) is 76.1. The fourth-order valence-corrected chi connectivity index (χ4v) is 2.46. The number of hydrogen-bond acceptors (Lipinski definition) is 11. The van der Waals surface area contributed by atoms with E-state index in [4.69, 9.17) is 19.3 Å². The van der Waals surface area contributed by atoms with Gasteiger partial charge in [0.1, 0.15) is 48.8 Å². The molecule has 0 radical (unpaired) electrons. The van der Waals surface area contributed by atoms with Crippen LogP contribution in [0.5, 0.6) is 0 Å². The Morgan fingerprint density at radius 3 is 1.83 bits per heavy atom. The zero-order valence-electron chi connectivity index (χ0n) is 12.0. The first-order valence-electron chi connectivity index (χ1n) is 7.07. The number of rotatable bonds is 4. The molecule has 0 amide bonds. The molecular weight excluding hydrogens is 320 g/mol. The van der Waals surface area contributed by atoms with E-state index in [1.165, 1.54) is 0 Å².